The molecular weight excluding hydrogens is 130 g/mol. The average Bonchev–Trinajstić information content (AvgIpc) is 1.94. The van der Waals surface area contributed by atoms with Gasteiger partial charge in [-0.1, -0.05) is 0 Å². The lowest BCUT2D eigenvalue weighted by molar-refractivity contribution is -0.0115. The van der Waals surface area contributed by atoms with Crippen molar-refractivity contribution in [3.8, 4) is 0 Å². The Bertz CT molecular complexity index is 95.6. The number of hydrogen-bond donors (Lipinski definition) is 0. The topological polar surface area (TPSA) is 32.4 Å². The van der Waals surface area contributed by atoms with Gasteiger partial charge in [-0.3, -0.25) is 4.90 Å². The largest absolute Gasteiger partial charge is 0.379 e. The number of rotatable bonds is 2. The first kappa shape index (κ1) is 7.98. The predicted molar refractivity (Wildman–Crippen MR) is 37.4 cm³/mol. The van der Waals surface area contributed by atoms with Gasteiger partial charge < -0.3 is 4.74 Å². The van der Waals surface area contributed by atoms with Crippen LogP contribution in [-0.2, 0) is 9.84 Å². The maximum Gasteiger partial charge on any atom is 0.0949 e. The van der Waals surface area contributed by atoms with Crippen LogP contribution in [0.15, 0.2) is 0 Å². The van der Waals surface area contributed by atoms with Crippen LogP contribution in [0, 0.1) is 0 Å². The first-order valence-corrected chi connectivity index (χ1v) is 3.74. The van der Waals surface area contributed by atoms with Crippen molar-refractivity contribution in [2.24, 2.45) is 0 Å². The van der Waals surface area contributed by atoms with Crippen molar-refractivity contribution in [1.29, 1.82) is 0 Å². The summed E-state index contributed by atoms with van der Waals surface area (Å²) in [5, 5.41) is 10.3. The minimum absolute atomic E-state index is 0.00431. The molecule has 0 saturated carbocycles. The molecule has 1 heterocycles. The molecule has 0 aromatic rings. The molecule has 59 valence electrons. The molecule has 1 radical (unpaired) electrons. The molecule has 0 amide bonds. The highest BCUT2D eigenvalue weighted by molar-refractivity contribution is 4.69. The molecule has 1 aliphatic heterocycles. The summed E-state index contributed by atoms with van der Waals surface area (Å²) in [5.74, 6) is 0. The zero-order chi connectivity index (χ0) is 7.40. The second-order valence-electron chi connectivity index (χ2n) is 2.66. The number of ether oxygens (including phenoxy) is 1. The number of morpholine rings is 1. The van der Waals surface area contributed by atoms with Gasteiger partial charge in [-0.05, 0) is 6.92 Å². The summed E-state index contributed by atoms with van der Waals surface area (Å²) >= 11 is 0. The average molecular weight is 144 g/mol. The summed E-state index contributed by atoms with van der Waals surface area (Å²) in [6.45, 7) is 5.25. The second-order valence-corrected chi connectivity index (χ2v) is 2.66. The summed E-state index contributed by atoms with van der Waals surface area (Å²) in [7, 11) is 0. The van der Waals surface area contributed by atoms with E-state index in [2.05, 4.69) is 11.8 Å². The third kappa shape index (κ3) is 1.94. The maximum atomic E-state index is 10.3. The van der Waals surface area contributed by atoms with Crippen LogP contribution >= 0.6 is 0 Å². The summed E-state index contributed by atoms with van der Waals surface area (Å²) in [6.07, 6.45) is 0. The quantitative estimate of drug-likeness (QED) is 0.552. The van der Waals surface area contributed by atoms with E-state index in [1.165, 1.54) is 0 Å². The molecule has 0 aromatic heterocycles. The lowest BCUT2D eigenvalue weighted by atomic mass is 10.2. The molecule has 3 nitrogen and oxygen atoms in total. The van der Waals surface area contributed by atoms with Crippen LogP contribution in [0.2, 0.25) is 0 Å². The van der Waals surface area contributed by atoms with Gasteiger partial charge in [-0.15, -0.1) is 0 Å². The fourth-order valence-electron chi connectivity index (χ4n) is 1.21. The molecule has 1 fully saturated rings. The van der Waals surface area contributed by atoms with E-state index in [1.54, 1.807) is 0 Å². The Labute approximate surface area is 61.6 Å². The molecule has 1 rings (SSSR count). The van der Waals surface area contributed by atoms with Gasteiger partial charge >= 0.3 is 0 Å². The van der Waals surface area contributed by atoms with Crippen LogP contribution in [-0.4, -0.2) is 43.9 Å². The van der Waals surface area contributed by atoms with Gasteiger partial charge in [0.2, 0.25) is 0 Å². The van der Waals surface area contributed by atoms with Gasteiger partial charge in [0.05, 0.1) is 19.8 Å². The van der Waals surface area contributed by atoms with Crippen molar-refractivity contribution in [1.82, 2.24) is 4.90 Å². The highest BCUT2D eigenvalue weighted by atomic mass is 16.5. The molecular formula is C7H14NO2. The Hall–Kier alpha value is -0.120. The normalized spacial score (nSPS) is 28.8. The number of hydrogen-bond acceptors (Lipinski definition) is 2. The van der Waals surface area contributed by atoms with Gasteiger partial charge in [0.1, 0.15) is 0 Å². The van der Waals surface area contributed by atoms with Crippen molar-refractivity contribution in [2.45, 2.75) is 13.0 Å². The summed E-state index contributed by atoms with van der Waals surface area (Å²) in [6, 6.07) is 0.433. The monoisotopic (exact) mass is 144 g/mol. The van der Waals surface area contributed by atoms with Gasteiger partial charge in [-0.2, -0.15) is 0 Å². The van der Waals surface area contributed by atoms with Crippen LogP contribution in [0.5, 0.6) is 0 Å². The Morgan fingerprint density at radius 3 is 3.10 bits per heavy atom. The lowest BCUT2D eigenvalue weighted by Crippen LogP contribution is -2.44. The molecule has 0 spiro atoms. The molecule has 1 unspecified atom stereocenters. The Morgan fingerprint density at radius 1 is 1.70 bits per heavy atom. The highest BCUT2D eigenvalue weighted by Gasteiger charge is 2.17. The van der Waals surface area contributed by atoms with E-state index in [0.29, 0.717) is 12.6 Å². The van der Waals surface area contributed by atoms with Crippen molar-refractivity contribution >= 4 is 0 Å². The molecule has 1 saturated heterocycles. The van der Waals surface area contributed by atoms with E-state index in [4.69, 9.17) is 4.74 Å². The van der Waals surface area contributed by atoms with Gasteiger partial charge in [-0.25, -0.2) is 5.11 Å². The van der Waals surface area contributed by atoms with E-state index in [1.807, 2.05) is 0 Å². The van der Waals surface area contributed by atoms with Crippen LogP contribution in [0.3, 0.4) is 0 Å². The summed E-state index contributed by atoms with van der Waals surface area (Å²) in [4.78, 5) is 2.18. The molecule has 0 N–H and O–H groups in total. The molecule has 10 heavy (non-hydrogen) atoms. The van der Waals surface area contributed by atoms with E-state index in [0.717, 1.165) is 19.8 Å². The first-order chi connectivity index (χ1) is 4.84. The van der Waals surface area contributed by atoms with Crippen molar-refractivity contribution < 1.29 is 9.84 Å². The van der Waals surface area contributed by atoms with Crippen molar-refractivity contribution in [3.05, 3.63) is 0 Å². The predicted octanol–water partition coefficient (Wildman–Crippen LogP) is 0.138. The zero-order valence-electron chi connectivity index (χ0n) is 6.38. The summed E-state index contributed by atoms with van der Waals surface area (Å²) < 4.78 is 5.21. The third-order valence-electron chi connectivity index (χ3n) is 1.88. The fraction of sp³-hybridized carbons (Fsp3) is 1.00. The van der Waals surface area contributed by atoms with Crippen LogP contribution in [0.1, 0.15) is 6.92 Å². The third-order valence-corrected chi connectivity index (χ3v) is 1.88. The van der Waals surface area contributed by atoms with Crippen molar-refractivity contribution in [2.75, 3.05) is 32.9 Å². The Kier molecular flexibility index (Phi) is 3.12. The standard InChI is InChI=1S/C7H14NO2/c1-7-6-10-5-3-8(7)2-4-9/h7H,2-6H2,1H3. The second kappa shape index (κ2) is 3.91. The lowest BCUT2D eigenvalue weighted by Gasteiger charge is -2.32. The van der Waals surface area contributed by atoms with Gasteiger partial charge in [0, 0.05) is 19.1 Å². The first-order valence-electron chi connectivity index (χ1n) is 3.74. The number of nitrogens with zero attached hydrogens (tertiary/aromatic N) is 1. The van der Waals surface area contributed by atoms with Crippen LogP contribution < -0.4 is 0 Å². The fourth-order valence-corrected chi connectivity index (χ4v) is 1.21. The van der Waals surface area contributed by atoms with Crippen molar-refractivity contribution in [3.63, 3.8) is 0 Å². The van der Waals surface area contributed by atoms with E-state index in [9.17, 15) is 5.11 Å². The van der Waals surface area contributed by atoms with Crippen LogP contribution in [0.4, 0.5) is 0 Å². The molecule has 0 aliphatic carbocycles. The molecule has 1 atom stereocenters. The van der Waals surface area contributed by atoms with Gasteiger partial charge in [0.15, 0.2) is 0 Å². The van der Waals surface area contributed by atoms with E-state index in [-0.39, 0.29) is 6.61 Å². The molecule has 1 aliphatic rings. The molecule has 0 aromatic carbocycles. The molecule has 3 heteroatoms. The Balaban J connectivity index is 2.25. The Morgan fingerprint density at radius 2 is 2.50 bits per heavy atom. The molecule has 0 bridgehead atoms. The minimum Gasteiger partial charge on any atom is -0.379 e. The van der Waals surface area contributed by atoms with E-state index >= 15 is 0 Å². The smallest absolute Gasteiger partial charge is 0.0949 e. The van der Waals surface area contributed by atoms with E-state index < -0.39 is 0 Å². The summed E-state index contributed by atoms with van der Waals surface area (Å²) in [5.41, 5.74) is 0. The van der Waals surface area contributed by atoms with Crippen LogP contribution in [0.25, 0.3) is 0 Å². The minimum atomic E-state index is 0.00431. The SMILES string of the molecule is CC1COCCN1CC[O]. The zero-order valence-corrected chi connectivity index (χ0v) is 6.38. The van der Waals surface area contributed by atoms with Gasteiger partial charge in [0.25, 0.3) is 0 Å². The highest BCUT2D eigenvalue weighted by Crippen LogP contribution is 2.04. The maximum absolute atomic E-state index is 10.3.